The van der Waals surface area contributed by atoms with E-state index < -0.39 is 5.60 Å². The zero-order valence-electron chi connectivity index (χ0n) is 16.3. The SMILES string of the molecule is Cc1ccc(-n2c(SCC(=O)OC(C)(C)C)nnc2-c2ccc(F)cc2)cc1. The molecule has 0 spiro atoms. The van der Waals surface area contributed by atoms with E-state index in [2.05, 4.69) is 10.2 Å². The fraction of sp³-hybridized carbons (Fsp3) is 0.286. The maximum Gasteiger partial charge on any atom is 0.316 e. The number of thioether (sulfide) groups is 1. The topological polar surface area (TPSA) is 57.0 Å². The van der Waals surface area contributed by atoms with Crippen molar-refractivity contribution in [1.82, 2.24) is 14.8 Å². The van der Waals surface area contributed by atoms with Crippen molar-refractivity contribution in [2.45, 2.75) is 38.5 Å². The van der Waals surface area contributed by atoms with Crippen LogP contribution < -0.4 is 0 Å². The molecule has 0 aliphatic heterocycles. The van der Waals surface area contributed by atoms with E-state index in [0.717, 1.165) is 16.8 Å². The molecule has 0 bridgehead atoms. The molecule has 0 saturated heterocycles. The molecule has 2 aromatic carbocycles. The van der Waals surface area contributed by atoms with Gasteiger partial charge in [-0.25, -0.2) is 4.39 Å². The molecule has 0 aliphatic rings. The third-order valence-electron chi connectivity index (χ3n) is 3.77. The molecule has 1 aromatic heterocycles. The Balaban J connectivity index is 1.95. The highest BCUT2D eigenvalue weighted by molar-refractivity contribution is 7.99. The molecular weight excluding hydrogens is 377 g/mol. The van der Waals surface area contributed by atoms with E-state index in [9.17, 15) is 9.18 Å². The molecule has 3 aromatic rings. The highest BCUT2D eigenvalue weighted by atomic mass is 32.2. The predicted molar refractivity (Wildman–Crippen MR) is 108 cm³/mol. The summed E-state index contributed by atoms with van der Waals surface area (Å²) in [7, 11) is 0. The largest absolute Gasteiger partial charge is 0.459 e. The van der Waals surface area contributed by atoms with Crippen LogP contribution in [-0.2, 0) is 9.53 Å². The standard InChI is InChI=1S/C21H22FN3O2S/c1-14-5-11-17(12-6-14)25-19(15-7-9-16(22)10-8-15)23-24-20(25)28-13-18(26)27-21(2,3)4/h5-12H,13H2,1-4H3. The highest BCUT2D eigenvalue weighted by Gasteiger charge is 2.20. The van der Waals surface area contributed by atoms with Gasteiger partial charge in [0.2, 0.25) is 0 Å². The number of carbonyl (C=O) groups is 1. The highest BCUT2D eigenvalue weighted by Crippen LogP contribution is 2.28. The number of nitrogens with zero attached hydrogens (tertiary/aromatic N) is 3. The molecular formula is C21H22FN3O2S. The molecule has 0 atom stereocenters. The van der Waals surface area contributed by atoms with Crippen LogP contribution in [0.25, 0.3) is 17.1 Å². The normalized spacial score (nSPS) is 11.5. The van der Waals surface area contributed by atoms with Gasteiger partial charge in [0.1, 0.15) is 11.4 Å². The first kappa shape index (κ1) is 20.1. The summed E-state index contributed by atoms with van der Waals surface area (Å²) < 4.78 is 20.6. The lowest BCUT2D eigenvalue weighted by Gasteiger charge is -2.19. The molecule has 5 nitrogen and oxygen atoms in total. The summed E-state index contributed by atoms with van der Waals surface area (Å²) in [6, 6.07) is 14.0. The van der Waals surface area contributed by atoms with Gasteiger partial charge >= 0.3 is 5.97 Å². The van der Waals surface area contributed by atoms with Crippen molar-refractivity contribution in [3.63, 3.8) is 0 Å². The summed E-state index contributed by atoms with van der Waals surface area (Å²) in [4.78, 5) is 12.1. The summed E-state index contributed by atoms with van der Waals surface area (Å²) in [6.45, 7) is 7.50. The quantitative estimate of drug-likeness (QED) is 0.455. The predicted octanol–water partition coefficient (Wildman–Crippen LogP) is 4.82. The Labute approximate surface area is 167 Å². The van der Waals surface area contributed by atoms with Gasteiger partial charge in [-0.05, 0) is 64.1 Å². The van der Waals surface area contributed by atoms with E-state index in [1.54, 1.807) is 12.1 Å². The van der Waals surface area contributed by atoms with Crippen molar-refractivity contribution >= 4 is 17.7 Å². The van der Waals surface area contributed by atoms with Gasteiger partial charge in [-0.3, -0.25) is 9.36 Å². The van der Waals surface area contributed by atoms with Crippen LogP contribution in [0.15, 0.2) is 53.7 Å². The smallest absolute Gasteiger partial charge is 0.316 e. The van der Waals surface area contributed by atoms with Gasteiger partial charge in [0.05, 0.1) is 5.75 Å². The molecule has 0 aliphatic carbocycles. The molecule has 1 heterocycles. The van der Waals surface area contributed by atoms with Gasteiger partial charge in [-0.2, -0.15) is 0 Å². The van der Waals surface area contributed by atoms with Crippen molar-refractivity contribution in [3.8, 4) is 17.1 Å². The van der Waals surface area contributed by atoms with Crippen molar-refractivity contribution in [2.75, 3.05) is 5.75 Å². The van der Waals surface area contributed by atoms with Gasteiger partial charge in [-0.15, -0.1) is 10.2 Å². The monoisotopic (exact) mass is 399 g/mol. The molecule has 146 valence electrons. The summed E-state index contributed by atoms with van der Waals surface area (Å²) >= 11 is 1.25. The van der Waals surface area contributed by atoms with Crippen LogP contribution in [0, 0.1) is 12.7 Å². The Hall–Kier alpha value is -2.67. The average molecular weight is 399 g/mol. The van der Waals surface area contributed by atoms with Gasteiger partial charge in [-0.1, -0.05) is 29.5 Å². The minimum absolute atomic E-state index is 0.116. The molecule has 28 heavy (non-hydrogen) atoms. The van der Waals surface area contributed by atoms with Crippen molar-refractivity contribution in [2.24, 2.45) is 0 Å². The summed E-state index contributed by atoms with van der Waals surface area (Å²) in [5.74, 6) is 0.0597. The number of rotatable bonds is 5. The van der Waals surface area contributed by atoms with Crippen molar-refractivity contribution in [1.29, 1.82) is 0 Å². The number of benzene rings is 2. The van der Waals surface area contributed by atoms with E-state index >= 15 is 0 Å². The fourth-order valence-corrected chi connectivity index (χ4v) is 3.30. The van der Waals surface area contributed by atoms with Gasteiger partial charge in [0.25, 0.3) is 0 Å². The van der Waals surface area contributed by atoms with E-state index in [0.29, 0.717) is 11.0 Å². The third kappa shape index (κ3) is 4.98. The van der Waals surface area contributed by atoms with Gasteiger partial charge in [0, 0.05) is 11.3 Å². The second kappa shape index (κ2) is 8.14. The second-order valence-electron chi connectivity index (χ2n) is 7.36. The lowest BCUT2D eigenvalue weighted by atomic mass is 10.2. The van der Waals surface area contributed by atoms with Crippen LogP contribution in [0.4, 0.5) is 4.39 Å². The number of carbonyl (C=O) groups excluding carboxylic acids is 1. The minimum atomic E-state index is -0.540. The lowest BCUT2D eigenvalue weighted by Crippen LogP contribution is -2.25. The molecule has 0 saturated carbocycles. The first-order valence-corrected chi connectivity index (χ1v) is 9.84. The lowest BCUT2D eigenvalue weighted by molar-refractivity contribution is -0.151. The third-order valence-corrected chi connectivity index (χ3v) is 4.67. The molecule has 0 N–H and O–H groups in total. The molecule has 0 fully saturated rings. The Morgan fingerprint density at radius 2 is 1.71 bits per heavy atom. The van der Waals surface area contributed by atoms with Crippen LogP contribution in [0.5, 0.6) is 0 Å². The van der Waals surface area contributed by atoms with E-state index in [4.69, 9.17) is 4.74 Å². The van der Waals surface area contributed by atoms with Crippen molar-refractivity contribution in [3.05, 3.63) is 59.9 Å². The Kier molecular flexibility index (Phi) is 5.84. The molecule has 0 amide bonds. The second-order valence-corrected chi connectivity index (χ2v) is 8.30. The number of ether oxygens (including phenoxy) is 1. The maximum atomic E-state index is 13.3. The molecule has 7 heteroatoms. The first-order valence-electron chi connectivity index (χ1n) is 8.86. The van der Waals surface area contributed by atoms with E-state index in [-0.39, 0.29) is 17.5 Å². The van der Waals surface area contributed by atoms with Crippen LogP contribution in [-0.4, -0.2) is 32.1 Å². The fourth-order valence-electron chi connectivity index (χ4n) is 2.57. The molecule has 0 radical (unpaired) electrons. The zero-order valence-corrected chi connectivity index (χ0v) is 17.1. The van der Waals surface area contributed by atoms with Crippen LogP contribution >= 0.6 is 11.8 Å². The number of hydrogen-bond acceptors (Lipinski definition) is 5. The number of halogens is 1. The van der Waals surface area contributed by atoms with E-state index in [1.807, 2.05) is 56.5 Å². The maximum absolute atomic E-state index is 13.3. The van der Waals surface area contributed by atoms with E-state index in [1.165, 1.54) is 23.9 Å². The van der Waals surface area contributed by atoms with Gasteiger partial charge < -0.3 is 4.74 Å². The first-order chi connectivity index (χ1) is 13.2. The Morgan fingerprint density at radius 1 is 1.07 bits per heavy atom. The number of aryl methyl sites for hydroxylation is 1. The zero-order chi connectivity index (χ0) is 20.3. The molecule has 3 rings (SSSR count). The minimum Gasteiger partial charge on any atom is -0.459 e. The Bertz CT molecular complexity index is 961. The average Bonchev–Trinajstić information content (AvgIpc) is 3.04. The summed E-state index contributed by atoms with van der Waals surface area (Å²) in [5.41, 5.74) is 2.19. The van der Waals surface area contributed by atoms with Gasteiger partial charge in [0.15, 0.2) is 11.0 Å². The van der Waals surface area contributed by atoms with Crippen molar-refractivity contribution < 1.29 is 13.9 Å². The summed E-state index contributed by atoms with van der Waals surface area (Å²) in [5, 5.41) is 9.11. The van der Waals surface area contributed by atoms with Crippen LogP contribution in [0.3, 0.4) is 0 Å². The molecule has 0 unspecified atom stereocenters. The number of aromatic nitrogens is 3. The van der Waals surface area contributed by atoms with Crippen LogP contribution in [0.2, 0.25) is 0 Å². The Morgan fingerprint density at radius 3 is 2.32 bits per heavy atom. The van der Waals surface area contributed by atoms with Crippen LogP contribution in [0.1, 0.15) is 26.3 Å². The summed E-state index contributed by atoms with van der Waals surface area (Å²) in [6.07, 6.45) is 0. The number of hydrogen-bond donors (Lipinski definition) is 0. The number of esters is 1.